The lowest BCUT2D eigenvalue weighted by Crippen LogP contribution is -2.35. The monoisotopic (exact) mass is 198 g/mol. The molecule has 14 heavy (non-hydrogen) atoms. The Morgan fingerprint density at radius 2 is 1.64 bits per heavy atom. The third-order valence-corrected chi connectivity index (χ3v) is 3.89. The number of hydrogen-bond acceptors (Lipinski definition) is 1. The fraction of sp³-hybridized carbons (Fsp3) is 1.00. The van der Waals surface area contributed by atoms with Crippen LogP contribution in [0.25, 0.3) is 0 Å². The first kappa shape index (κ1) is 12.0. The molecule has 1 fully saturated rings. The third kappa shape index (κ3) is 2.98. The molecular weight excluding hydrogens is 172 g/mol. The second-order valence-corrected chi connectivity index (χ2v) is 6.43. The molecule has 1 rings (SSSR count). The van der Waals surface area contributed by atoms with Crippen LogP contribution < -0.4 is 0 Å². The molecule has 0 aromatic carbocycles. The first-order valence-corrected chi connectivity index (χ1v) is 5.98. The van der Waals surface area contributed by atoms with Crippen molar-refractivity contribution in [3.63, 3.8) is 0 Å². The lowest BCUT2D eigenvalue weighted by molar-refractivity contribution is 0.0170. The van der Waals surface area contributed by atoms with Gasteiger partial charge in [0, 0.05) is 0 Å². The highest BCUT2D eigenvalue weighted by molar-refractivity contribution is 4.85. The molecule has 0 saturated heterocycles. The molecule has 1 nitrogen and oxygen atoms in total. The van der Waals surface area contributed by atoms with E-state index in [1.54, 1.807) is 0 Å². The zero-order chi connectivity index (χ0) is 10.9. The van der Waals surface area contributed by atoms with Crippen LogP contribution >= 0.6 is 0 Å². The van der Waals surface area contributed by atoms with E-state index in [9.17, 15) is 5.11 Å². The molecule has 1 aliphatic carbocycles. The van der Waals surface area contributed by atoms with Crippen LogP contribution in [0.4, 0.5) is 0 Å². The summed E-state index contributed by atoms with van der Waals surface area (Å²) in [5.74, 6) is 2.14. The first-order valence-electron chi connectivity index (χ1n) is 5.98. The van der Waals surface area contributed by atoms with Crippen LogP contribution in [0.15, 0.2) is 0 Å². The van der Waals surface area contributed by atoms with Crippen LogP contribution in [0, 0.1) is 23.2 Å². The van der Waals surface area contributed by atoms with Gasteiger partial charge in [-0.05, 0) is 42.4 Å². The number of aliphatic hydroxyl groups excluding tert-OH is 1. The van der Waals surface area contributed by atoms with Crippen LogP contribution in [0.1, 0.15) is 53.9 Å². The van der Waals surface area contributed by atoms with Crippen molar-refractivity contribution in [1.82, 2.24) is 0 Å². The highest BCUT2D eigenvalue weighted by Gasteiger charge is 2.35. The van der Waals surface area contributed by atoms with Crippen LogP contribution in [0.3, 0.4) is 0 Å². The fourth-order valence-corrected chi connectivity index (χ4v) is 2.58. The Kier molecular flexibility index (Phi) is 3.63. The smallest absolute Gasteiger partial charge is 0.0545 e. The lowest BCUT2D eigenvalue weighted by Gasteiger charge is -2.41. The number of aliphatic hydroxyl groups is 1. The molecule has 3 unspecified atom stereocenters. The molecule has 0 aromatic heterocycles. The van der Waals surface area contributed by atoms with Gasteiger partial charge in [0.15, 0.2) is 0 Å². The predicted octanol–water partition coefficient (Wildman–Crippen LogP) is 3.47. The van der Waals surface area contributed by atoms with Crippen molar-refractivity contribution in [2.24, 2.45) is 23.2 Å². The largest absolute Gasteiger partial charge is 0.393 e. The normalized spacial score (nSPS) is 34.9. The molecule has 1 aliphatic rings. The van der Waals surface area contributed by atoms with Gasteiger partial charge in [-0.2, -0.15) is 0 Å². The fourth-order valence-electron chi connectivity index (χ4n) is 2.58. The molecular formula is C13H26O. The summed E-state index contributed by atoms with van der Waals surface area (Å²) in [4.78, 5) is 0. The standard InChI is InChI=1S/C13H26O/c1-9(2)10-6-11(13(3,4)5)8-12(14)7-10/h9-12,14H,6-8H2,1-5H3. The Morgan fingerprint density at radius 3 is 2.07 bits per heavy atom. The summed E-state index contributed by atoms with van der Waals surface area (Å²) in [7, 11) is 0. The van der Waals surface area contributed by atoms with E-state index in [0.717, 1.165) is 24.7 Å². The van der Waals surface area contributed by atoms with E-state index in [-0.39, 0.29) is 6.10 Å². The van der Waals surface area contributed by atoms with Crippen molar-refractivity contribution in [1.29, 1.82) is 0 Å². The molecule has 1 saturated carbocycles. The second-order valence-electron chi connectivity index (χ2n) is 6.43. The Labute approximate surface area is 88.9 Å². The Morgan fingerprint density at radius 1 is 1.07 bits per heavy atom. The molecule has 3 atom stereocenters. The minimum atomic E-state index is -0.0552. The zero-order valence-electron chi connectivity index (χ0n) is 10.4. The molecule has 0 aromatic rings. The highest BCUT2D eigenvalue weighted by atomic mass is 16.3. The summed E-state index contributed by atoms with van der Waals surface area (Å²) in [5, 5.41) is 9.86. The van der Waals surface area contributed by atoms with Gasteiger partial charge in [0.05, 0.1) is 6.10 Å². The van der Waals surface area contributed by atoms with Crippen LogP contribution in [0.2, 0.25) is 0 Å². The molecule has 0 heterocycles. The third-order valence-electron chi connectivity index (χ3n) is 3.89. The maximum atomic E-state index is 9.86. The van der Waals surface area contributed by atoms with Crippen molar-refractivity contribution < 1.29 is 5.11 Å². The minimum absolute atomic E-state index is 0.0552. The molecule has 1 heteroatoms. The zero-order valence-corrected chi connectivity index (χ0v) is 10.4. The Bertz CT molecular complexity index is 178. The van der Waals surface area contributed by atoms with Gasteiger partial charge in [0.1, 0.15) is 0 Å². The maximum Gasteiger partial charge on any atom is 0.0545 e. The van der Waals surface area contributed by atoms with Crippen LogP contribution in [-0.4, -0.2) is 11.2 Å². The first-order chi connectivity index (χ1) is 6.30. The van der Waals surface area contributed by atoms with Gasteiger partial charge >= 0.3 is 0 Å². The van der Waals surface area contributed by atoms with Crippen molar-refractivity contribution in [3.8, 4) is 0 Å². The summed E-state index contributed by atoms with van der Waals surface area (Å²) < 4.78 is 0. The van der Waals surface area contributed by atoms with Crippen molar-refractivity contribution in [2.45, 2.75) is 60.0 Å². The van der Waals surface area contributed by atoms with Gasteiger partial charge < -0.3 is 5.11 Å². The van der Waals surface area contributed by atoms with Crippen LogP contribution in [0.5, 0.6) is 0 Å². The maximum absolute atomic E-state index is 9.86. The van der Waals surface area contributed by atoms with Gasteiger partial charge in [-0.1, -0.05) is 34.6 Å². The Balaban J connectivity index is 2.63. The quantitative estimate of drug-likeness (QED) is 0.684. The molecule has 1 N–H and O–H groups in total. The van der Waals surface area contributed by atoms with Gasteiger partial charge in [0.25, 0.3) is 0 Å². The number of hydrogen-bond donors (Lipinski definition) is 1. The molecule has 0 spiro atoms. The average Bonchev–Trinajstić information content (AvgIpc) is 2.01. The van der Waals surface area contributed by atoms with Crippen LogP contribution in [-0.2, 0) is 0 Å². The van der Waals surface area contributed by atoms with Gasteiger partial charge in [-0.3, -0.25) is 0 Å². The SMILES string of the molecule is CC(C)C1CC(O)CC(C(C)(C)C)C1. The predicted molar refractivity (Wildman–Crippen MR) is 61.1 cm³/mol. The average molecular weight is 198 g/mol. The summed E-state index contributed by atoms with van der Waals surface area (Å²) in [6.07, 6.45) is 3.27. The van der Waals surface area contributed by atoms with Gasteiger partial charge in [-0.25, -0.2) is 0 Å². The summed E-state index contributed by atoms with van der Waals surface area (Å²) in [5.41, 5.74) is 0.356. The van der Waals surface area contributed by atoms with E-state index >= 15 is 0 Å². The van der Waals surface area contributed by atoms with Crippen molar-refractivity contribution in [2.75, 3.05) is 0 Å². The van der Waals surface area contributed by atoms with E-state index in [2.05, 4.69) is 34.6 Å². The summed E-state index contributed by atoms with van der Waals surface area (Å²) in [6, 6.07) is 0. The topological polar surface area (TPSA) is 20.2 Å². The van der Waals surface area contributed by atoms with Gasteiger partial charge in [-0.15, -0.1) is 0 Å². The van der Waals surface area contributed by atoms with E-state index < -0.39 is 0 Å². The lowest BCUT2D eigenvalue weighted by atomic mass is 9.66. The molecule has 84 valence electrons. The molecule has 0 radical (unpaired) electrons. The van der Waals surface area contributed by atoms with Crippen molar-refractivity contribution >= 4 is 0 Å². The van der Waals surface area contributed by atoms with E-state index in [0.29, 0.717) is 11.3 Å². The molecule has 0 amide bonds. The highest BCUT2D eigenvalue weighted by Crippen LogP contribution is 2.42. The van der Waals surface area contributed by atoms with E-state index in [1.807, 2.05) is 0 Å². The van der Waals surface area contributed by atoms with E-state index in [1.165, 1.54) is 6.42 Å². The summed E-state index contributed by atoms with van der Waals surface area (Å²) in [6.45, 7) is 11.5. The minimum Gasteiger partial charge on any atom is -0.393 e. The number of rotatable bonds is 1. The van der Waals surface area contributed by atoms with Gasteiger partial charge in [0.2, 0.25) is 0 Å². The molecule has 0 bridgehead atoms. The molecule has 0 aliphatic heterocycles. The summed E-state index contributed by atoms with van der Waals surface area (Å²) >= 11 is 0. The second kappa shape index (κ2) is 4.22. The van der Waals surface area contributed by atoms with E-state index in [4.69, 9.17) is 0 Å². The van der Waals surface area contributed by atoms with Crippen molar-refractivity contribution in [3.05, 3.63) is 0 Å². The Hall–Kier alpha value is -0.0400.